The van der Waals surface area contributed by atoms with Crippen molar-refractivity contribution in [2.24, 2.45) is 17.4 Å². The molecule has 2 heterocycles. The molecule has 4 aromatic rings. The van der Waals surface area contributed by atoms with E-state index in [4.69, 9.17) is 11.5 Å². The first kappa shape index (κ1) is 33.7. The molecular formula is C33H41N7O6. The highest BCUT2D eigenvalue weighted by molar-refractivity contribution is 5.95. The van der Waals surface area contributed by atoms with Crippen LogP contribution in [0.15, 0.2) is 60.9 Å². The number of nitrogens with two attached hydrogens (primary N) is 2. The van der Waals surface area contributed by atoms with Crippen LogP contribution in [-0.2, 0) is 36.8 Å². The number of carbonyl (C=O) groups excluding carboxylic acids is 4. The Kier molecular flexibility index (Phi) is 11.2. The number of benzene rings is 2. The normalized spacial score (nSPS) is 14.0. The summed E-state index contributed by atoms with van der Waals surface area (Å²) in [6, 6.07) is 10.2. The van der Waals surface area contributed by atoms with E-state index in [1.54, 1.807) is 12.4 Å². The summed E-state index contributed by atoms with van der Waals surface area (Å²) in [7, 11) is 0. The Hall–Kier alpha value is -5.17. The molecule has 0 aliphatic heterocycles. The third-order valence-electron chi connectivity index (χ3n) is 7.82. The van der Waals surface area contributed by atoms with Crippen molar-refractivity contribution in [1.82, 2.24) is 25.9 Å². The minimum atomic E-state index is -1.34. The summed E-state index contributed by atoms with van der Waals surface area (Å²) in [6.45, 7) is 3.85. The number of primary amides is 1. The van der Waals surface area contributed by atoms with Gasteiger partial charge in [-0.2, -0.15) is 0 Å². The van der Waals surface area contributed by atoms with E-state index in [1.807, 2.05) is 62.4 Å². The first-order valence-electron chi connectivity index (χ1n) is 15.2. The lowest BCUT2D eigenvalue weighted by molar-refractivity contribution is -0.142. The van der Waals surface area contributed by atoms with E-state index in [2.05, 4.69) is 25.9 Å². The van der Waals surface area contributed by atoms with Gasteiger partial charge >= 0.3 is 5.97 Å². The van der Waals surface area contributed by atoms with Gasteiger partial charge in [0.2, 0.25) is 23.6 Å². The number of nitrogens with one attached hydrogen (secondary N) is 5. The van der Waals surface area contributed by atoms with Crippen LogP contribution in [-0.4, -0.2) is 68.8 Å². The average Bonchev–Trinajstić information content (AvgIpc) is 3.61. The van der Waals surface area contributed by atoms with Crippen molar-refractivity contribution >= 4 is 51.4 Å². The Balaban J connectivity index is 1.55. The number of carboxylic acids is 1. The van der Waals surface area contributed by atoms with E-state index in [1.165, 1.54) is 0 Å². The molecule has 0 spiro atoms. The highest BCUT2D eigenvalue weighted by Crippen LogP contribution is 2.21. The fraction of sp³-hybridized carbons (Fsp3) is 0.364. The molecule has 0 saturated carbocycles. The van der Waals surface area contributed by atoms with E-state index in [0.717, 1.165) is 27.4 Å². The molecule has 10 N–H and O–H groups in total. The predicted molar refractivity (Wildman–Crippen MR) is 173 cm³/mol. The Morgan fingerprint density at radius 1 is 0.739 bits per heavy atom. The van der Waals surface area contributed by atoms with Crippen LogP contribution in [0.25, 0.3) is 21.8 Å². The largest absolute Gasteiger partial charge is 0.480 e. The van der Waals surface area contributed by atoms with Gasteiger partial charge in [-0.3, -0.25) is 19.2 Å². The van der Waals surface area contributed by atoms with E-state index in [0.29, 0.717) is 12.0 Å². The van der Waals surface area contributed by atoms with Crippen molar-refractivity contribution < 1.29 is 29.1 Å². The molecule has 4 rings (SSSR count). The van der Waals surface area contributed by atoms with Crippen LogP contribution in [0, 0.1) is 5.92 Å². The van der Waals surface area contributed by atoms with Gasteiger partial charge in [0.1, 0.15) is 18.1 Å². The van der Waals surface area contributed by atoms with E-state index in [-0.39, 0.29) is 31.6 Å². The van der Waals surface area contributed by atoms with Gasteiger partial charge in [0.15, 0.2) is 0 Å². The average molecular weight is 632 g/mol. The van der Waals surface area contributed by atoms with Crippen molar-refractivity contribution in [1.29, 1.82) is 0 Å². The summed E-state index contributed by atoms with van der Waals surface area (Å²) >= 11 is 0. The van der Waals surface area contributed by atoms with Crippen molar-refractivity contribution in [3.05, 3.63) is 72.1 Å². The van der Waals surface area contributed by atoms with Crippen molar-refractivity contribution in [3.8, 4) is 0 Å². The van der Waals surface area contributed by atoms with Crippen LogP contribution < -0.4 is 27.4 Å². The van der Waals surface area contributed by atoms with Gasteiger partial charge in [-0.25, -0.2) is 4.79 Å². The number of rotatable bonds is 16. The maximum absolute atomic E-state index is 13.8. The van der Waals surface area contributed by atoms with Gasteiger partial charge in [0.05, 0.1) is 6.04 Å². The first-order chi connectivity index (χ1) is 21.9. The molecule has 0 radical (unpaired) electrons. The minimum absolute atomic E-state index is 0.0332. The van der Waals surface area contributed by atoms with Crippen LogP contribution in [0.5, 0.6) is 0 Å². The molecule has 2 aromatic heterocycles. The van der Waals surface area contributed by atoms with E-state index >= 15 is 0 Å². The predicted octanol–water partition coefficient (Wildman–Crippen LogP) is 1.61. The zero-order valence-corrected chi connectivity index (χ0v) is 25.8. The van der Waals surface area contributed by atoms with Gasteiger partial charge in [-0.05, 0) is 42.0 Å². The quantitative estimate of drug-likeness (QED) is 0.0911. The molecule has 0 fully saturated rings. The smallest absolute Gasteiger partial charge is 0.326 e. The van der Waals surface area contributed by atoms with Crippen LogP contribution >= 0.6 is 0 Å². The second-order valence-electron chi connectivity index (χ2n) is 11.9. The maximum Gasteiger partial charge on any atom is 0.326 e. The lowest BCUT2D eigenvalue weighted by Gasteiger charge is -2.25. The summed E-state index contributed by atoms with van der Waals surface area (Å²) in [5, 5.41) is 19.5. The monoisotopic (exact) mass is 631 g/mol. The number of amides is 4. The zero-order chi connectivity index (χ0) is 33.4. The van der Waals surface area contributed by atoms with Crippen LogP contribution in [0.1, 0.15) is 44.2 Å². The first-order valence-corrected chi connectivity index (χ1v) is 15.2. The summed E-state index contributed by atoms with van der Waals surface area (Å²) in [4.78, 5) is 70.4. The van der Waals surface area contributed by atoms with Crippen molar-refractivity contribution in [2.75, 3.05) is 0 Å². The number of hydrogen-bond acceptors (Lipinski definition) is 6. The summed E-state index contributed by atoms with van der Waals surface area (Å²) in [5.41, 5.74) is 14.5. The molecular weight excluding hydrogens is 590 g/mol. The molecule has 4 atom stereocenters. The van der Waals surface area contributed by atoms with Crippen molar-refractivity contribution in [2.45, 2.75) is 70.1 Å². The topological polar surface area (TPSA) is 225 Å². The minimum Gasteiger partial charge on any atom is -0.480 e. The number of carbonyl (C=O) groups is 5. The number of aromatic amines is 2. The molecule has 2 aromatic carbocycles. The van der Waals surface area contributed by atoms with E-state index < -0.39 is 53.8 Å². The van der Waals surface area contributed by atoms with Crippen molar-refractivity contribution in [3.63, 3.8) is 0 Å². The molecule has 244 valence electrons. The highest BCUT2D eigenvalue weighted by Gasteiger charge is 2.31. The molecule has 0 aliphatic rings. The number of aromatic nitrogens is 2. The Morgan fingerprint density at radius 3 is 1.74 bits per heavy atom. The molecule has 0 bridgehead atoms. The number of aliphatic carboxylic acids is 1. The molecule has 0 saturated heterocycles. The number of H-pyrrole nitrogens is 2. The standard InChI is InChI=1S/C33H41N7O6/c1-18(2)13-23(34)30(42)39-27(14-19-16-36-24-9-5-3-7-21(19)24)32(44)38-26(11-12-29(35)41)31(43)40-28(33(45)46)15-20-17-37-25-10-6-4-8-22(20)25/h3-10,16-18,23,26-28,36-37H,11-15,34H2,1-2H3,(H2,35,41)(H,38,44)(H,39,42)(H,40,43)(H,45,46). The lowest BCUT2D eigenvalue weighted by Crippen LogP contribution is -2.58. The van der Waals surface area contributed by atoms with Crippen LogP contribution in [0.4, 0.5) is 0 Å². The number of fused-ring (bicyclic) bond motifs is 2. The third kappa shape index (κ3) is 8.72. The Labute approximate surface area is 265 Å². The lowest BCUT2D eigenvalue weighted by atomic mass is 10.0. The number of hydrogen-bond donors (Lipinski definition) is 8. The zero-order valence-electron chi connectivity index (χ0n) is 25.8. The molecule has 4 unspecified atom stereocenters. The third-order valence-corrected chi connectivity index (χ3v) is 7.82. The second kappa shape index (κ2) is 15.2. The molecule has 13 heteroatoms. The van der Waals surface area contributed by atoms with Crippen LogP contribution in [0.2, 0.25) is 0 Å². The SMILES string of the molecule is CC(C)CC(N)C(=O)NC(Cc1c[nH]c2ccccc12)C(=O)NC(CCC(N)=O)C(=O)NC(Cc1c[nH]c2ccccc12)C(=O)O. The molecule has 4 amide bonds. The highest BCUT2D eigenvalue weighted by atomic mass is 16.4. The molecule has 0 aliphatic carbocycles. The fourth-order valence-electron chi connectivity index (χ4n) is 5.44. The number of carboxylic acid groups (broad SMARTS) is 1. The summed E-state index contributed by atoms with van der Waals surface area (Å²) in [6.07, 6.45) is 3.41. The summed E-state index contributed by atoms with van der Waals surface area (Å²) < 4.78 is 0. The molecule has 13 nitrogen and oxygen atoms in total. The van der Waals surface area contributed by atoms with Crippen LogP contribution in [0.3, 0.4) is 0 Å². The van der Waals surface area contributed by atoms with Gasteiger partial charge < -0.3 is 42.5 Å². The number of para-hydroxylation sites is 2. The second-order valence-corrected chi connectivity index (χ2v) is 11.9. The maximum atomic E-state index is 13.8. The van der Waals surface area contributed by atoms with E-state index in [9.17, 15) is 29.1 Å². The fourth-order valence-corrected chi connectivity index (χ4v) is 5.44. The van der Waals surface area contributed by atoms with Gasteiger partial charge in [-0.15, -0.1) is 0 Å². The molecule has 46 heavy (non-hydrogen) atoms. The Morgan fingerprint density at radius 2 is 1.22 bits per heavy atom. The van der Waals surface area contributed by atoms with Gasteiger partial charge in [0, 0.05) is 53.5 Å². The summed E-state index contributed by atoms with van der Waals surface area (Å²) in [5.74, 6) is -3.89. The van der Waals surface area contributed by atoms with Gasteiger partial charge in [0.25, 0.3) is 0 Å². The Bertz CT molecular complexity index is 1710. The van der Waals surface area contributed by atoms with Gasteiger partial charge in [-0.1, -0.05) is 50.2 Å².